The third kappa shape index (κ3) is 5.86. The van der Waals surface area contributed by atoms with E-state index in [1.54, 1.807) is 6.07 Å². The lowest BCUT2D eigenvalue weighted by Crippen LogP contribution is -2.28. The zero-order valence-corrected chi connectivity index (χ0v) is 23.4. The average molecular weight is 605 g/mol. The average Bonchev–Trinajstić information content (AvgIpc) is 3.78. The lowest BCUT2D eigenvalue weighted by atomic mass is 10.0. The molecule has 1 aliphatic carbocycles. The standard InChI is InChI=1S/C19H14N6O5.C9H10N2O.ClH/c26-17(13-6-14(18(27)28)25-8-20-7-15(25)21-13)22-12-4-2-9-5-10(1-3-11(9)12)16-23-19(29)30-24-16;1-6-11-8-4-7(5-10)2-3-9(8)12-6;/h1,3,5-8,12H,2,4H2,(H,22,26)(H,27,28)(H,23,24,29);2-4H,5,10H2,1H3;1H/t12-;;/m0../s1. The maximum Gasteiger partial charge on any atom is 0.439 e. The summed E-state index contributed by atoms with van der Waals surface area (Å²) < 4.78 is 11.2. The van der Waals surface area contributed by atoms with E-state index < -0.39 is 17.6 Å². The topological polar surface area (TPSA) is 208 Å². The van der Waals surface area contributed by atoms with Crippen molar-refractivity contribution in [3.8, 4) is 11.4 Å². The number of aromatic nitrogens is 6. The van der Waals surface area contributed by atoms with Crippen molar-refractivity contribution in [2.75, 3.05) is 0 Å². The molecule has 1 amide bonds. The number of nitrogens with one attached hydrogen (secondary N) is 2. The van der Waals surface area contributed by atoms with Crippen LogP contribution in [0.2, 0.25) is 0 Å². The molecule has 0 spiro atoms. The number of carbonyl (C=O) groups excluding carboxylic acids is 1. The second-order valence-corrected chi connectivity index (χ2v) is 9.61. The van der Waals surface area contributed by atoms with Crippen molar-refractivity contribution in [2.45, 2.75) is 32.4 Å². The molecule has 0 aliphatic heterocycles. The van der Waals surface area contributed by atoms with Crippen molar-refractivity contribution in [3.63, 3.8) is 0 Å². The third-order valence-electron chi connectivity index (χ3n) is 6.87. The van der Waals surface area contributed by atoms with E-state index in [2.05, 4.69) is 34.9 Å². The van der Waals surface area contributed by atoms with Crippen molar-refractivity contribution >= 4 is 41.0 Å². The molecule has 15 heteroatoms. The number of nitrogens with zero attached hydrogens (tertiary/aromatic N) is 5. The maximum atomic E-state index is 12.8. The number of hydrogen-bond acceptors (Lipinski definition) is 10. The summed E-state index contributed by atoms with van der Waals surface area (Å²) in [5, 5.41) is 16.0. The molecule has 0 bridgehead atoms. The Labute approximate surface area is 248 Å². The highest BCUT2D eigenvalue weighted by molar-refractivity contribution is 5.96. The number of fused-ring (bicyclic) bond motifs is 3. The van der Waals surface area contributed by atoms with Crippen LogP contribution in [0, 0.1) is 6.92 Å². The Kier molecular flexibility index (Phi) is 8.05. The quantitative estimate of drug-likeness (QED) is 0.224. The van der Waals surface area contributed by atoms with Crippen molar-refractivity contribution in [1.29, 1.82) is 0 Å². The monoisotopic (exact) mass is 604 g/mol. The number of amides is 1. The van der Waals surface area contributed by atoms with Crippen LogP contribution in [0.1, 0.15) is 56.0 Å². The first kappa shape index (κ1) is 29.2. The molecular formula is C28H25ClN8O6. The Morgan fingerprint density at radius 2 is 2.02 bits per heavy atom. The molecule has 0 saturated heterocycles. The van der Waals surface area contributed by atoms with E-state index in [0.29, 0.717) is 30.2 Å². The fraction of sp³-hybridized carbons (Fsp3) is 0.179. The molecule has 14 nitrogen and oxygen atoms in total. The van der Waals surface area contributed by atoms with Gasteiger partial charge in [0.05, 0.1) is 12.2 Å². The summed E-state index contributed by atoms with van der Waals surface area (Å²) >= 11 is 0. The van der Waals surface area contributed by atoms with Gasteiger partial charge in [-0.05, 0) is 47.7 Å². The lowest BCUT2D eigenvalue weighted by molar-refractivity contribution is 0.0688. The molecule has 0 radical (unpaired) electrons. The number of aryl methyl sites for hydroxylation is 2. The molecule has 220 valence electrons. The molecule has 4 heterocycles. The number of carboxylic acids is 1. The lowest BCUT2D eigenvalue weighted by Gasteiger charge is -2.14. The summed E-state index contributed by atoms with van der Waals surface area (Å²) in [7, 11) is 0. The minimum Gasteiger partial charge on any atom is -0.477 e. The zero-order valence-electron chi connectivity index (χ0n) is 22.6. The van der Waals surface area contributed by atoms with Crippen LogP contribution in [0.3, 0.4) is 0 Å². The van der Waals surface area contributed by atoms with Crippen LogP contribution in [0.15, 0.2) is 68.7 Å². The second kappa shape index (κ2) is 11.9. The van der Waals surface area contributed by atoms with Gasteiger partial charge in [-0.15, -0.1) is 12.4 Å². The first-order chi connectivity index (χ1) is 20.3. The number of H-pyrrole nitrogens is 1. The molecule has 0 saturated carbocycles. The van der Waals surface area contributed by atoms with Crippen LogP contribution in [0.5, 0.6) is 0 Å². The zero-order chi connectivity index (χ0) is 29.4. The number of aromatic amines is 1. The largest absolute Gasteiger partial charge is 0.477 e. The van der Waals surface area contributed by atoms with Gasteiger partial charge in [0.1, 0.15) is 23.2 Å². The molecule has 0 unspecified atom stereocenters. The Balaban J connectivity index is 0.000000238. The molecule has 4 aromatic heterocycles. The number of benzene rings is 2. The Morgan fingerprint density at radius 3 is 2.77 bits per heavy atom. The van der Waals surface area contributed by atoms with E-state index in [4.69, 9.17) is 10.2 Å². The fourth-order valence-corrected chi connectivity index (χ4v) is 4.91. The second-order valence-electron chi connectivity index (χ2n) is 9.61. The first-order valence-electron chi connectivity index (χ1n) is 12.9. The summed E-state index contributed by atoms with van der Waals surface area (Å²) in [6.45, 7) is 2.38. The Morgan fingerprint density at radius 1 is 1.19 bits per heavy atom. The number of nitrogens with two attached hydrogens (primary N) is 1. The smallest absolute Gasteiger partial charge is 0.439 e. The van der Waals surface area contributed by atoms with Crippen molar-refractivity contribution in [1.82, 2.24) is 34.8 Å². The summed E-state index contributed by atoms with van der Waals surface area (Å²) in [4.78, 5) is 50.2. The predicted octanol–water partition coefficient (Wildman–Crippen LogP) is 3.20. The number of rotatable bonds is 5. The van der Waals surface area contributed by atoms with Crippen LogP contribution >= 0.6 is 12.4 Å². The molecule has 1 atom stereocenters. The summed E-state index contributed by atoms with van der Waals surface area (Å²) in [5.74, 6) is -1.24. The number of imidazole rings is 1. The molecular weight excluding hydrogens is 580 g/mol. The van der Waals surface area contributed by atoms with E-state index >= 15 is 0 Å². The number of hydrogen-bond donors (Lipinski definition) is 4. The Hall–Kier alpha value is -5.34. The molecule has 5 N–H and O–H groups in total. The van der Waals surface area contributed by atoms with Gasteiger partial charge in [0.2, 0.25) is 0 Å². The van der Waals surface area contributed by atoms with Crippen LogP contribution in [-0.2, 0) is 13.0 Å². The molecule has 43 heavy (non-hydrogen) atoms. The Bertz CT molecular complexity index is 2030. The molecule has 7 rings (SSSR count). The number of oxazole rings is 1. The van der Waals surface area contributed by atoms with Gasteiger partial charge in [-0.2, -0.15) is 0 Å². The number of carboxylic acid groups (broad SMARTS) is 1. The highest BCUT2D eigenvalue weighted by atomic mass is 35.5. The molecule has 1 aliphatic rings. The molecule has 2 aromatic carbocycles. The normalized spacial score (nSPS) is 13.7. The van der Waals surface area contributed by atoms with Crippen molar-refractivity contribution < 1.29 is 23.6 Å². The SMILES string of the molecule is Cc1nc2cc(CN)ccc2o1.Cl.O=C(N[C@H]1CCc2cc(-c3noc(=O)[nH]3)ccc21)c1cc(C(=O)O)n2cncc2n1. The van der Waals surface area contributed by atoms with Gasteiger partial charge in [-0.3, -0.25) is 18.7 Å². The minimum atomic E-state index is -1.18. The van der Waals surface area contributed by atoms with Gasteiger partial charge in [-0.1, -0.05) is 23.4 Å². The van der Waals surface area contributed by atoms with Gasteiger partial charge in [0, 0.05) is 25.1 Å². The van der Waals surface area contributed by atoms with Crippen LogP contribution in [0.4, 0.5) is 0 Å². The molecule has 6 aromatic rings. The molecule has 0 fully saturated rings. The van der Waals surface area contributed by atoms with Gasteiger partial charge < -0.3 is 20.6 Å². The van der Waals surface area contributed by atoms with E-state index in [0.717, 1.165) is 34.2 Å². The third-order valence-corrected chi connectivity index (χ3v) is 6.87. The van der Waals surface area contributed by atoms with E-state index in [1.807, 2.05) is 37.3 Å². The summed E-state index contributed by atoms with van der Waals surface area (Å²) in [6, 6.07) is 12.3. The highest BCUT2D eigenvalue weighted by Gasteiger charge is 2.26. The maximum absolute atomic E-state index is 12.8. The summed E-state index contributed by atoms with van der Waals surface area (Å²) in [5.41, 5.74) is 11.1. The fourth-order valence-electron chi connectivity index (χ4n) is 4.91. The van der Waals surface area contributed by atoms with Gasteiger partial charge in [0.15, 0.2) is 22.9 Å². The van der Waals surface area contributed by atoms with Gasteiger partial charge in [-0.25, -0.2) is 24.5 Å². The van der Waals surface area contributed by atoms with E-state index in [-0.39, 0.29) is 35.5 Å². The van der Waals surface area contributed by atoms with Crippen LogP contribution < -0.4 is 16.8 Å². The minimum absolute atomic E-state index is 0. The van der Waals surface area contributed by atoms with Gasteiger partial charge >= 0.3 is 11.7 Å². The van der Waals surface area contributed by atoms with Crippen LogP contribution in [-0.4, -0.2) is 46.5 Å². The van der Waals surface area contributed by atoms with Crippen molar-refractivity contribution in [2.24, 2.45) is 5.73 Å². The van der Waals surface area contributed by atoms with Crippen LogP contribution in [0.25, 0.3) is 28.1 Å². The number of carbonyl (C=O) groups is 2. The van der Waals surface area contributed by atoms with Gasteiger partial charge in [0.25, 0.3) is 5.91 Å². The number of halogens is 1. The summed E-state index contributed by atoms with van der Waals surface area (Å²) in [6.07, 6.45) is 4.14. The van der Waals surface area contributed by atoms with E-state index in [9.17, 15) is 19.5 Å². The predicted molar refractivity (Wildman–Crippen MR) is 155 cm³/mol. The first-order valence-corrected chi connectivity index (χ1v) is 12.9. The van der Waals surface area contributed by atoms with E-state index in [1.165, 1.54) is 23.0 Å². The highest BCUT2D eigenvalue weighted by Crippen LogP contribution is 2.33. The number of aromatic carboxylic acids is 1. The van der Waals surface area contributed by atoms with Crippen molar-refractivity contribution in [3.05, 3.63) is 99.5 Å².